The number of carbonyl (C=O) groups excluding carboxylic acids is 3. The van der Waals surface area contributed by atoms with Gasteiger partial charge in [0, 0.05) is 19.3 Å². The molecule has 1 saturated carbocycles. The summed E-state index contributed by atoms with van der Waals surface area (Å²) in [5.74, 6) is -0.0808. The van der Waals surface area contributed by atoms with Gasteiger partial charge < -0.3 is 0 Å². The molecule has 0 radical (unpaired) electrons. The highest BCUT2D eigenvalue weighted by molar-refractivity contribution is 8.16. The summed E-state index contributed by atoms with van der Waals surface area (Å²) in [5, 5.41) is 0.587. The van der Waals surface area contributed by atoms with E-state index in [4.69, 9.17) is 0 Å². The van der Waals surface area contributed by atoms with E-state index in [1.165, 1.54) is 5.75 Å². The van der Waals surface area contributed by atoms with Crippen molar-refractivity contribution in [2.45, 2.75) is 51.7 Å². The molecular weight excluding hydrogens is 260 g/mol. The highest BCUT2D eigenvalue weighted by Crippen LogP contribution is 2.35. The normalized spacial score (nSPS) is 28.1. The van der Waals surface area contributed by atoms with E-state index in [-0.39, 0.29) is 40.6 Å². The molecule has 0 amide bonds. The molecule has 0 saturated heterocycles. The van der Waals surface area contributed by atoms with Crippen LogP contribution in [0.15, 0.2) is 0 Å². The Hall–Kier alpha value is -0.640. The summed E-state index contributed by atoms with van der Waals surface area (Å²) in [5.41, 5.74) is 0. The van der Waals surface area contributed by atoms with Crippen LogP contribution in [0.3, 0.4) is 0 Å². The van der Waals surface area contributed by atoms with Crippen molar-refractivity contribution in [3.05, 3.63) is 0 Å². The fourth-order valence-corrected chi connectivity index (χ4v) is 4.04. The summed E-state index contributed by atoms with van der Waals surface area (Å²) in [4.78, 5) is 35.6. The number of rotatable bonds is 6. The van der Waals surface area contributed by atoms with Crippen LogP contribution in [0.25, 0.3) is 0 Å². The Morgan fingerprint density at radius 2 is 1.79 bits per heavy atom. The van der Waals surface area contributed by atoms with Crippen LogP contribution in [0.5, 0.6) is 0 Å². The Labute approximate surface area is 118 Å². The Morgan fingerprint density at radius 1 is 1.26 bits per heavy atom. The SMILES string of the molecule is CCC(=O)C1C(=O)CC(CC(C)[SH](C)CC)CC1=O. The molecule has 110 valence electrons. The second-order valence-electron chi connectivity index (χ2n) is 5.62. The van der Waals surface area contributed by atoms with Crippen molar-refractivity contribution in [2.75, 3.05) is 12.0 Å². The third kappa shape index (κ3) is 4.16. The van der Waals surface area contributed by atoms with Crippen molar-refractivity contribution in [3.63, 3.8) is 0 Å². The molecule has 0 aliphatic heterocycles. The second-order valence-corrected chi connectivity index (χ2v) is 8.65. The van der Waals surface area contributed by atoms with Crippen molar-refractivity contribution in [1.29, 1.82) is 0 Å². The third-order valence-corrected chi connectivity index (χ3v) is 6.93. The molecule has 0 spiro atoms. The molecule has 0 N–H and O–H groups in total. The largest absolute Gasteiger partial charge is 0.298 e. The summed E-state index contributed by atoms with van der Waals surface area (Å²) in [7, 11) is -0.00909. The monoisotopic (exact) mass is 286 g/mol. The maximum atomic E-state index is 12.0. The lowest BCUT2D eigenvalue weighted by Crippen LogP contribution is -2.39. The Kier molecular flexibility index (Phi) is 6.24. The molecule has 0 aromatic heterocycles. The topological polar surface area (TPSA) is 51.2 Å². The minimum Gasteiger partial charge on any atom is -0.298 e. The van der Waals surface area contributed by atoms with Crippen LogP contribution in [0.1, 0.15) is 46.5 Å². The quantitative estimate of drug-likeness (QED) is 0.603. The lowest BCUT2D eigenvalue weighted by molar-refractivity contribution is -0.143. The zero-order chi connectivity index (χ0) is 14.6. The van der Waals surface area contributed by atoms with Gasteiger partial charge in [-0.25, -0.2) is 0 Å². The van der Waals surface area contributed by atoms with Crippen LogP contribution in [0, 0.1) is 11.8 Å². The van der Waals surface area contributed by atoms with Crippen molar-refractivity contribution >= 4 is 28.2 Å². The lowest BCUT2D eigenvalue weighted by Gasteiger charge is -2.30. The van der Waals surface area contributed by atoms with Crippen LogP contribution in [-0.2, 0) is 14.4 Å². The first-order valence-electron chi connectivity index (χ1n) is 7.19. The van der Waals surface area contributed by atoms with Gasteiger partial charge in [-0.15, -0.1) is 0 Å². The van der Waals surface area contributed by atoms with Crippen LogP contribution in [0.4, 0.5) is 0 Å². The molecule has 0 aromatic carbocycles. The molecule has 1 rings (SSSR count). The summed E-state index contributed by atoms with van der Waals surface area (Å²) in [6.45, 7) is 6.12. The minimum atomic E-state index is -0.939. The molecule has 0 heterocycles. The van der Waals surface area contributed by atoms with Crippen molar-refractivity contribution in [1.82, 2.24) is 0 Å². The Balaban J connectivity index is 2.63. The van der Waals surface area contributed by atoms with Crippen LogP contribution in [-0.4, -0.2) is 34.6 Å². The summed E-state index contributed by atoms with van der Waals surface area (Å²) in [6.07, 6.45) is 4.33. The minimum absolute atomic E-state index is 0.00909. The number of Topliss-reactive ketones (excluding diaryl/α,β-unsaturated/α-hetero) is 3. The molecule has 3 nitrogen and oxygen atoms in total. The molecule has 0 aromatic rings. The number of hydrogen-bond acceptors (Lipinski definition) is 3. The molecule has 4 heteroatoms. The Bertz CT molecular complexity index is 346. The van der Waals surface area contributed by atoms with Crippen LogP contribution >= 0.6 is 10.9 Å². The zero-order valence-corrected chi connectivity index (χ0v) is 13.3. The Morgan fingerprint density at radius 3 is 2.21 bits per heavy atom. The second kappa shape index (κ2) is 7.22. The van der Waals surface area contributed by atoms with E-state index in [1.807, 2.05) is 0 Å². The van der Waals surface area contributed by atoms with Gasteiger partial charge in [-0.2, -0.15) is 0 Å². The number of carbonyl (C=O) groups is 3. The first-order chi connectivity index (χ1) is 8.90. The lowest BCUT2D eigenvalue weighted by atomic mass is 9.76. The standard InChI is InChI=1S/C15H26O3S/c1-5-12(16)15-13(17)8-11(9-14(15)18)7-10(3)19(4)6-2/h10-11,15,19H,5-9H2,1-4H3. The number of thiol groups is 1. The van der Waals surface area contributed by atoms with Crippen LogP contribution < -0.4 is 0 Å². The average Bonchev–Trinajstić information content (AvgIpc) is 2.36. The van der Waals surface area contributed by atoms with Crippen molar-refractivity contribution in [2.24, 2.45) is 11.8 Å². The summed E-state index contributed by atoms with van der Waals surface area (Å²) < 4.78 is 0. The van der Waals surface area contributed by atoms with E-state index < -0.39 is 5.92 Å². The molecule has 1 fully saturated rings. The van der Waals surface area contributed by atoms with Gasteiger partial charge in [0.15, 0.2) is 17.3 Å². The average molecular weight is 286 g/mol. The fourth-order valence-electron chi connectivity index (χ4n) is 2.76. The molecule has 0 bridgehead atoms. The highest BCUT2D eigenvalue weighted by atomic mass is 32.2. The van der Waals surface area contributed by atoms with Crippen LogP contribution in [0.2, 0.25) is 0 Å². The van der Waals surface area contributed by atoms with Gasteiger partial charge in [0.25, 0.3) is 0 Å². The zero-order valence-electron chi connectivity index (χ0n) is 12.4. The first-order valence-corrected chi connectivity index (χ1v) is 9.23. The fraction of sp³-hybridized carbons (Fsp3) is 0.800. The maximum absolute atomic E-state index is 12.0. The van der Waals surface area contributed by atoms with E-state index in [0.717, 1.165) is 6.42 Å². The molecule has 1 aliphatic rings. The van der Waals surface area contributed by atoms with E-state index in [2.05, 4.69) is 20.1 Å². The van der Waals surface area contributed by atoms with Gasteiger partial charge >= 0.3 is 0 Å². The highest BCUT2D eigenvalue weighted by Gasteiger charge is 2.39. The molecule has 19 heavy (non-hydrogen) atoms. The van der Waals surface area contributed by atoms with Crippen molar-refractivity contribution in [3.8, 4) is 0 Å². The third-order valence-electron chi connectivity index (χ3n) is 4.22. The van der Waals surface area contributed by atoms with Gasteiger partial charge in [-0.05, 0) is 29.6 Å². The van der Waals surface area contributed by atoms with Gasteiger partial charge in [0.1, 0.15) is 5.92 Å². The predicted octanol–water partition coefficient (Wildman–Crippen LogP) is 2.56. The maximum Gasteiger partial charge on any atom is 0.151 e. The molecule has 2 atom stereocenters. The summed E-state index contributed by atoms with van der Waals surface area (Å²) >= 11 is 0. The van der Waals surface area contributed by atoms with E-state index in [1.54, 1.807) is 6.92 Å². The van der Waals surface area contributed by atoms with E-state index >= 15 is 0 Å². The molecule has 2 unspecified atom stereocenters. The molecule has 1 aliphatic carbocycles. The van der Waals surface area contributed by atoms with Gasteiger partial charge in [0.05, 0.1) is 0 Å². The van der Waals surface area contributed by atoms with E-state index in [9.17, 15) is 14.4 Å². The van der Waals surface area contributed by atoms with Gasteiger partial charge in [-0.1, -0.05) is 20.8 Å². The van der Waals surface area contributed by atoms with Gasteiger partial charge in [0.2, 0.25) is 0 Å². The predicted molar refractivity (Wildman–Crippen MR) is 81.1 cm³/mol. The molecular formula is C15H26O3S. The van der Waals surface area contributed by atoms with Gasteiger partial charge in [-0.3, -0.25) is 25.3 Å². The van der Waals surface area contributed by atoms with Crippen molar-refractivity contribution < 1.29 is 14.4 Å². The number of ketones is 3. The van der Waals surface area contributed by atoms with E-state index in [0.29, 0.717) is 18.1 Å². The smallest absolute Gasteiger partial charge is 0.151 e. The first kappa shape index (κ1) is 16.4. The number of hydrogen-bond donors (Lipinski definition) is 1. The summed E-state index contributed by atoms with van der Waals surface area (Å²) in [6, 6.07) is 0.